The lowest BCUT2D eigenvalue weighted by Crippen LogP contribution is -2.46. The van der Waals surface area contributed by atoms with Crippen molar-refractivity contribution >= 4 is 17.4 Å². The van der Waals surface area contributed by atoms with Gasteiger partial charge in [0.05, 0.1) is 5.69 Å². The normalized spacial score (nSPS) is 15.3. The molecule has 0 saturated carbocycles. The van der Waals surface area contributed by atoms with E-state index in [1.807, 2.05) is 32.2 Å². The molecule has 0 aromatic carbocycles. The number of rotatable bonds is 3. The van der Waals surface area contributed by atoms with Crippen LogP contribution in [0.2, 0.25) is 5.15 Å². The van der Waals surface area contributed by atoms with E-state index in [2.05, 4.69) is 31.1 Å². The lowest BCUT2D eigenvalue weighted by molar-refractivity contribution is 0.249. The molecule has 0 N–H and O–H groups in total. The molecule has 1 fully saturated rings. The van der Waals surface area contributed by atoms with Gasteiger partial charge in [-0.05, 0) is 31.0 Å². The van der Waals surface area contributed by atoms with Crippen molar-refractivity contribution < 1.29 is 0 Å². The molecule has 0 unspecified atom stereocenters. The van der Waals surface area contributed by atoms with Crippen LogP contribution in [-0.2, 0) is 6.54 Å². The first-order valence-electron chi connectivity index (χ1n) is 7.90. The fourth-order valence-electron chi connectivity index (χ4n) is 2.83. The Morgan fingerprint density at radius 2 is 1.92 bits per heavy atom. The van der Waals surface area contributed by atoms with Crippen molar-refractivity contribution in [3.8, 4) is 6.07 Å². The summed E-state index contributed by atoms with van der Waals surface area (Å²) in [7, 11) is 0. The molecule has 1 saturated heterocycles. The molecule has 2 aromatic heterocycles. The maximum absolute atomic E-state index is 9.45. The Hall–Kier alpha value is -2.23. The van der Waals surface area contributed by atoms with Gasteiger partial charge in [0, 0.05) is 38.9 Å². The van der Waals surface area contributed by atoms with E-state index >= 15 is 0 Å². The summed E-state index contributed by atoms with van der Waals surface area (Å²) in [5.74, 6) is 0.702. The molecule has 1 aliphatic rings. The Morgan fingerprint density at radius 1 is 1.17 bits per heavy atom. The largest absolute Gasteiger partial charge is 0.351 e. The predicted molar refractivity (Wildman–Crippen MR) is 93.0 cm³/mol. The summed E-state index contributed by atoms with van der Waals surface area (Å²) in [6.07, 6.45) is 1.82. The minimum atomic E-state index is 0.515. The smallest absolute Gasteiger partial charge is 0.169 e. The van der Waals surface area contributed by atoms with Crippen LogP contribution >= 0.6 is 11.6 Å². The van der Waals surface area contributed by atoms with Crippen molar-refractivity contribution in [1.29, 1.82) is 5.26 Å². The van der Waals surface area contributed by atoms with Gasteiger partial charge in [0.2, 0.25) is 0 Å². The number of hydrogen-bond acceptors (Lipinski definition) is 6. The van der Waals surface area contributed by atoms with Gasteiger partial charge in [-0.25, -0.2) is 4.98 Å². The molecule has 3 heterocycles. The van der Waals surface area contributed by atoms with Crippen molar-refractivity contribution in [2.45, 2.75) is 20.4 Å². The third-order valence-corrected chi connectivity index (χ3v) is 4.64. The fourth-order valence-corrected chi connectivity index (χ4v) is 2.94. The molecule has 24 heavy (non-hydrogen) atoms. The molecular formula is C17H19ClN6. The van der Waals surface area contributed by atoms with Crippen molar-refractivity contribution in [2.75, 3.05) is 31.1 Å². The number of aromatic nitrogens is 3. The van der Waals surface area contributed by atoms with Crippen LogP contribution in [0.4, 0.5) is 5.82 Å². The highest BCUT2D eigenvalue weighted by molar-refractivity contribution is 6.29. The maximum Gasteiger partial charge on any atom is 0.169 e. The van der Waals surface area contributed by atoms with Crippen LogP contribution in [0.3, 0.4) is 0 Å². The Balaban J connectivity index is 1.66. The van der Waals surface area contributed by atoms with Crippen LogP contribution in [-0.4, -0.2) is 46.3 Å². The van der Waals surface area contributed by atoms with E-state index in [4.69, 9.17) is 11.6 Å². The van der Waals surface area contributed by atoms with E-state index in [1.165, 1.54) is 0 Å². The molecule has 0 radical (unpaired) electrons. The summed E-state index contributed by atoms with van der Waals surface area (Å²) in [5, 5.41) is 18.4. The van der Waals surface area contributed by atoms with Crippen molar-refractivity contribution in [2.24, 2.45) is 0 Å². The zero-order valence-corrected chi connectivity index (χ0v) is 14.6. The molecular weight excluding hydrogens is 324 g/mol. The maximum atomic E-state index is 9.45. The van der Waals surface area contributed by atoms with Crippen molar-refractivity contribution in [3.63, 3.8) is 0 Å². The molecule has 3 rings (SSSR count). The summed E-state index contributed by atoms with van der Waals surface area (Å²) in [6.45, 7) is 8.12. The van der Waals surface area contributed by atoms with Gasteiger partial charge < -0.3 is 4.90 Å². The Labute approximate surface area is 146 Å². The minimum Gasteiger partial charge on any atom is -0.351 e. The Bertz CT molecular complexity index is 760. The van der Waals surface area contributed by atoms with Gasteiger partial charge in [0.25, 0.3) is 0 Å². The number of aryl methyl sites for hydroxylation is 1. The highest BCUT2D eigenvalue weighted by Gasteiger charge is 2.22. The third-order valence-electron chi connectivity index (χ3n) is 4.41. The number of halogens is 1. The Morgan fingerprint density at radius 3 is 2.54 bits per heavy atom. The SMILES string of the molecule is Cc1nnc(N2CCN(Cc3ccc(Cl)nc3)CC2)c(C#N)c1C. The zero-order chi connectivity index (χ0) is 17.1. The van der Waals surface area contributed by atoms with Crippen LogP contribution in [0.15, 0.2) is 18.3 Å². The molecule has 7 heteroatoms. The zero-order valence-electron chi connectivity index (χ0n) is 13.8. The molecule has 0 atom stereocenters. The van der Waals surface area contributed by atoms with Crippen LogP contribution < -0.4 is 4.90 Å². The van der Waals surface area contributed by atoms with Gasteiger partial charge in [-0.3, -0.25) is 4.90 Å². The molecule has 6 nitrogen and oxygen atoms in total. The summed E-state index contributed by atoms with van der Waals surface area (Å²) in [5.41, 5.74) is 3.51. The van der Waals surface area contributed by atoms with Gasteiger partial charge in [-0.1, -0.05) is 17.7 Å². The first-order chi connectivity index (χ1) is 11.6. The highest BCUT2D eigenvalue weighted by atomic mass is 35.5. The van der Waals surface area contributed by atoms with Crippen molar-refractivity contribution in [1.82, 2.24) is 20.1 Å². The van der Waals surface area contributed by atoms with E-state index in [-0.39, 0.29) is 0 Å². The first kappa shape index (κ1) is 16.6. The second kappa shape index (κ2) is 7.12. The van der Waals surface area contributed by atoms with Crippen LogP contribution in [0.25, 0.3) is 0 Å². The quantitative estimate of drug-likeness (QED) is 0.797. The third kappa shape index (κ3) is 3.48. The molecule has 124 valence electrons. The first-order valence-corrected chi connectivity index (χ1v) is 8.28. The minimum absolute atomic E-state index is 0.515. The summed E-state index contributed by atoms with van der Waals surface area (Å²) in [4.78, 5) is 8.63. The predicted octanol–water partition coefficient (Wildman–Crippen LogP) is 2.34. The topological polar surface area (TPSA) is 68.9 Å². The second-order valence-corrected chi connectivity index (χ2v) is 6.36. The number of nitrogens with zero attached hydrogens (tertiary/aromatic N) is 6. The molecule has 1 aliphatic heterocycles. The molecule has 0 aliphatic carbocycles. The van der Waals surface area contributed by atoms with E-state index in [0.717, 1.165) is 49.5 Å². The lowest BCUT2D eigenvalue weighted by Gasteiger charge is -2.35. The number of hydrogen-bond donors (Lipinski definition) is 0. The van der Waals surface area contributed by atoms with Gasteiger partial charge in [-0.15, -0.1) is 5.10 Å². The number of pyridine rings is 1. The van der Waals surface area contributed by atoms with Gasteiger partial charge >= 0.3 is 0 Å². The monoisotopic (exact) mass is 342 g/mol. The van der Waals surface area contributed by atoms with E-state index in [1.54, 1.807) is 0 Å². The number of piperazine rings is 1. The number of nitriles is 1. The van der Waals surface area contributed by atoms with Crippen LogP contribution in [0.5, 0.6) is 0 Å². The highest BCUT2D eigenvalue weighted by Crippen LogP contribution is 2.22. The lowest BCUT2D eigenvalue weighted by atomic mass is 10.1. The van der Waals surface area contributed by atoms with Crippen LogP contribution in [0, 0.1) is 25.2 Å². The average molecular weight is 343 g/mol. The number of anilines is 1. The fraction of sp³-hybridized carbons (Fsp3) is 0.412. The van der Waals surface area contributed by atoms with Crippen molar-refractivity contribution in [3.05, 3.63) is 45.9 Å². The summed E-state index contributed by atoms with van der Waals surface area (Å²) >= 11 is 5.82. The Kier molecular flexibility index (Phi) is 4.93. The molecule has 2 aromatic rings. The summed E-state index contributed by atoms with van der Waals surface area (Å²) < 4.78 is 0. The van der Waals surface area contributed by atoms with Gasteiger partial charge in [0.1, 0.15) is 16.8 Å². The molecule has 0 amide bonds. The molecule has 0 spiro atoms. The van der Waals surface area contributed by atoms with Gasteiger partial charge in [-0.2, -0.15) is 10.4 Å². The standard InChI is InChI=1S/C17H19ClN6/c1-12-13(2)21-22-17(15(12)9-19)24-7-5-23(6-8-24)11-14-3-4-16(18)20-10-14/h3-4,10H,5-8,11H2,1-2H3. The van der Waals surface area contributed by atoms with Gasteiger partial charge in [0.15, 0.2) is 5.82 Å². The van der Waals surface area contributed by atoms with E-state index < -0.39 is 0 Å². The van der Waals surface area contributed by atoms with E-state index in [9.17, 15) is 5.26 Å². The average Bonchev–Trinajstić information content (AvgIpc) is 2.60. The summed E-state index contributed by atoms with van der Waals surface area (Å²) in [6, 6.07) is 6.10. The van der Waals surface area contributed by atoms with E-state index in [0.29, 0.717) is 16.5 Å². The molecule has 0 bridgehead atoms. The second-order valence-electron chi connectivity index (χ2n) is 5.97. The van der Waals surface area contributed by atoms with Crippen LogP contribution in [0.1, 0.15) is 22.4 Å².